The first kappa shape index (κ1) is 11.3. The Balaban J connectivity index is 1.95. The first-order chi connectivity index (χ1) is 8.65. The highest BCUT2D eigenvalue weighted by molar-refractivity contribution is 5.85. The van der Waals surface area contributed by atoms with Gasteiger partial charge in [0.15, 0.2) is 0 Å². The van der Waals surface area contributed by atoms with E-state index in [1.165, 1.54) is 10.9 Å². The number of fused-ring (bicyclic) bond motifs is 1. The average molecular weight is 243 g/mol. The summed E-state index contributed by atoms with van der Waals surface area (Å²) in [4.78, 5) is 15.1. The molecule has 3 rings (SSSR count). The van der Waals surface area contributed by atoms with Crippen LogP contribution in [0.15, 0.2) is 24.3 Å². The molecule has 1 aromatic carbocycles. The molecular weight excluding hydrogens is 226 g/mol. The minimum Gasteiger partial charge on any atom is -0.462 e. The first-order valence-corrected chi connectivity index (χ1v) is 6.42. The number of rotatable bonds is 2. The van der Waals surface area contributed by atoms with Crippen LogP contribution in [0.25, 0.3) is 10.9 Å². The van der Waals surface area contributed by atoms with Crippen LogP contribution >= 0.6 is 0 Å². The van der Waals surface area contributed by atoms with E-state index < -0.39 is 0 Å². The van der Waals surface area contributed by atoms with Crippen molar-refractivity contribution in [1.29, 1.82) is 0 Å². The van der Waals surface area contributed by atoms with Gasteiger partial charge in [-0.2, -0.15) is 0 Å². The van der Waals surface area contributed by atoms with Crippen LogP contribution in [-0.2, 0) is 16.0 Å². The van der Waals surface area contributed by atoms with E-state index in [-0.39, 0.29) is 18.0 Å². The fraction of sp³-hybridized carbons (Fsp3) is 0.400. The van der Waals surface area contributed by atoms with Crippen molar-refractivity contribution in [3.05, 3.63) is 35.5 Å². The highest BCUT2D eigenvalue weighted by atomic mass is 16.5. The number of hydrogen-bond donors (Lipinski definition) is 1. The molecule has 0 saturated carbocycles. The zero-order valence-electron chi connectivity index (χ0n) is 10.7. The van der Waals surface area contributed by atoms with Gasteiger partial charge in [0.25, 0.3) is 0 Å². The molecule has 0 aliphatic carbocycles. The molecule has 1 saturated heterocycles. The molecule has 94 valence electrons. The zero-order valence-corrected chi connectivity index (χ0v) is 10.7. The van der Waals surface area contributed by atoms with Crippen molar-refractivity contribution in [3.8, 4) is 0 Å². The van der Waals surface area contributed by atoms with Gasteiger partial charge in [-0.15, -0.1) is 0 Å². The summed E-state index contributed by atoms with van der Waals surface area (Å²) in [5.74, 6) is -0.0370. The Kier molecular flexibility index (Phi) is 2.62. The van der Waals surface area contributed by atoms with Crippen LogP contribution in [0.5, 0.6) is 0 Å². The summed E-state index contributed by atoms with van der Waals surface area (Å²) in [6.45, 7) is 4.03. The molecule has 1 aliphatic heterocycles. The van der Waals surface area contributed by atoms with Crippen LogP contribution < -0.4 is 0 Å². The Morgan fingerprint density at radius 3 is 2.89 bits per heavy atom. The van der Waals surface area contributed by atoms with Crippen LogP contribution in [0.4, 0.5) is 0 Å². The van der Waals surface area contributed by atoms with Crippen molar-refractivity contribution in [2.45, 2.75) is 32.8 Å². The Hall–Kier alpha value is -1.77. The van der Waals surface area contributed by atoms with Crippen LogP contribution in [0.2, 0.25) is 0 Å². The number of carbonyl (C=O) groups is 1. The molecule has 1 aliphatic rings. The standard InChI is InChI=1S/C15H17NO2/c1-9-7-11(15(17)18-9)8-13-10(2)16-14-6-4-3-5-12(13)14/h3-6,9,11,16H,7-8H2,1-2H3/t9-,11+/m0/s1. The number of cyclic esters (lactones) is 1. The van der Waals surface area contributed by atoms with E-state index in [0.29, 0.717) is 0 Å². The molecule has 2 aromatic rings. The molecule has 0 amide bonds. The third-order valence-electron chi connectivity index (χ3n) is 3.74. The number of benzene rings is 1. The topological polar surface area (TPSA) is 42.1 Å². The summed E-state index contributed by atoms with van der Waals surface area (Å²) in [5, 5.41) is 1.22. The lowest BCUT2D eigenvalue weighted by Gasteiger charge is -2.05. The van der Waals surface area contributed by atoms with Crippen LogP contribution in [0.1, 0.15) is 24.6 Å². The van der Waals surface area contributed by atoms with Crippen LogP contribution in [-0.4, -0.2) is 17.1 Å². The normalized spacial score (nSPS) is 23.6. The molecule has 3 heteroatoms. The second-order valence-corrected chi connectivity index (χ2v) is 5.16. The third-order valence-corrected chi connectivity index (χ3v) is 3.74. The van der Waals surface area contributed by atoms with E-state index >= 15 is 0 Å². The minimum atomic E-state index is -0.0489. The number of para-hydroxylation sites is 1. The quantitative estimate of drug-likeness (QED) is 0.824. The molecule has 0 radical (unpaired) electrons. The maximum atomic E-state index is 11.7. The van der Waals surface area contributed by atoms with Gasteiger partial charge < -0.3 is 9.72 Å². The molecule has 0 unspecified atom stereocenters. The monoisotopic (exact) mass is 243 g/mol. The van der Waals surface area contributed by atoms with Gasteiger partial charge in [0.05, 0.1) is 12.0 Å². The number of H-pyrrole nitrogens is 1. The van der Waals surface area contributed by atoms with Gasteiger partial charge >= 0.3 is 5.97 Å². The lowest BCUT2D eigenvalue weighted by Crippen LogP contribution is -2.11. The van der Waals surface area contributed by atoms with Crippen molar-refractivity contribution in [2.75, 3.05) is 0 Å². The molecular formula is C15H17NO2. The maximum absolute atomic E-state index is 11.7. The molecule has 18 heavy (non-hydrogen) atoms. The van der Waals surface area contributed by atoms with Gasteiger partial charge in [-0.25, -0.2) is 0 Å². The summed E-state index contributed by atoms with van der Waals surface area (Å²) in [7, 11) is 0. The van der Waals surface area contributed by atoms with Gasteiger partial charge in [0.1, 0.15) is 0 Å². The lowest BCUT2D eigenvalue weighted by molar-refractivity contribution is -0.143. The van der Waals surface area contributed by atoms with Crippen molar-refractivity contribution in [3.63, 3.8) is 0 Å². The van der Waals surface area contributed by atoms with E-state index in [1.54, 1.807) is 0 Å². The molecule has 0 spiro atoms. The largest absolute Gasteiger partial charge is 0.462 e. The van der Waals surface area contributed by atoms with Crippen molar-refractivity contribution < 1.29 is 9.53 Å². The second-order valence-electron chi connectivity index (χ2n) is 5.16. The minimum absolute atomic E-state index is 0.0120. The Morgan fingerprint density at radius 1 is 1.39 bits per heavy atom. The highest BCUT2D eigenvalue weighted by Gasteiger charge is 2.32. The summed E-state index contributed by atoms with van der Waals surface area (Å²) >= 11 is 0. The number of carbonyl (C=O) groups excluding carboxylic acids is 1. The van der Waals surface area contributed by atoms with Crippen molar-refractivity contribution in [2.24, 2.45) is 5.92 Å². The number of aromatic nitrogens is 1. The summed E-state index contributed by atoms with van der Waals surface area (Å²) in [6, 6.07) is 8.24. The predicted molar refractivity (Wildman–Crippen MR) is 70.4 cm³/mol. The average Bonchev–Trinajstić information content (AvgIpc) is 2.81. The van der Waals surface area contributed by atoms with Gasteiger partial charge in [-0.3, -0.25) is 4.79 Å². The number of esters is 1. The number of hydrogen-bond acceptors (Lipinski definition) is 2. The van der Waals surface area contributed by atoms with E-state index in [9.17, 15) is 4.79 Å². The SMILES string of the molecule is Cc1[nH]c2ccccc2c1C[C@H]1C[C@H](C)OC1=O. The number of ether oxygens (including phenoxy) is 1. The van der Waals surface area contributed by atoms with Gasteiger partial charge in [0, 0.05) is 16.6 Å². The molecule has 1 aromatic heterocycles. The maximum Gasteiger partial charge on any atom is 0.309 e. The fourth-order valence-electron chi connectivity index (χ4n) is 2.85. The molecule has 2 heterocycles. The first-order valence-electron chi connectivity index (χ1n) is 6.42. The highest BCUT2D eigenvalue weighted by Crippen LogP contribution is 2.29. The summed E-state index contributed by atoms with van der Waals surface area (Å²) in [5.41, 5.74) is 3.55. The predicted octanol–water partition coefficient (Wildman–Crippen LogP) is 2.97. The third kappa shape index (κ3) is 1.80. The zero-order chi connectivity index (χ0) is 12.7. The summed E-state index contributed by atoms with van der Waals surface area (Å²) in [6.07, 6.45) is 1.67. The number of aromatic amines is 1. The van der Waals surface area contributed by atoms with Gasteiger partial charge in [-0.1, -0.05) is 18.2 Å². The second kappa shape index (κ2) is 4.16. The number of aryl methyl sites for hydroxylation is 1. The molecule has 3 nitrogen and oxygen atoms in total. The van der Waals surface area contributed by atoms with Crippen LogP contribution in [0, 0.1) is 12.8 Å². The van der Waals surface area contributed by atoms with E-state index in [2.05, 4.69) is 24.0 Å². The van der Waals surface area contributed by atoms with E-state index in [4.69, 9.17) is 4.74 Å². The number of nitrogens with one attached hydrogen (secondary N) is 1. The van der Waals surface area contributed by atoms with Crippen LogP contribution in [0.3, 0.4) is 0 Å². The molecule has 1 N–H and O–H groups in total. The van der Waals surface area contributed by atoms with Crippen molar-refractivity contribution in [1.82, 2.24) is 4.98 Å². The molecule has 1 fully saturated rings. The smallest absolute Gasteiger partial charge is 0.309 e. The van der Waals surface area contributed by atoms with Gasteiger partial charge in [0.2, 0.25) is 0 Å². The van der Waals surface area contributed by atoms with E-state index in [0.717, 1.165) is 24.1 Å². The van der Waals surface area contributed by atoms with E-state index in [1.807, 2.05) is 19.1 Å². The Morgan fingerprint density at radius 2 is 2.17 bits per heavy atom. The fourth-order valence-corrected chi connectivity index (χ4v) is 2.85. The molecule has 0 bridgehead atoms. The van der Waals surface area contributed by atoms with Crippen molar-refractivity contribution >= 4 is 16.9 Å². The lowest BCUT2D eigenvalue weighted by atomic mass is 9.95. The Bertz CT molecular complexity index is 600. The molecule has 2 atom stereocenters. The summed E-state index contributed by atoms with van der Waals surface area (Å²) < 4.78 is 5.23. The van der Waals surface area contributed by atoms with Gasteiger partial charge in [-0.05, 0) is 38.3 Å². The Labute approximate surface area is 106 Å².